The van der Waals surface area contributed by atoms with Gasteiger partial charge in [0.1, 0.15) is 0 Å². The third kappa shape index (κ3) is 2.75. The first kappa shape index (κ1) is 21.5. The van der Waals surface area contributed by atoms with Crippen LogP contribution in [0, 0.1) is 0 Å². The average molecular weight is 474 g/mol. The highest BCUT2D eigenvalue weighted by Gasteiger charge is 2.60. The molecule has 0 spiro atoms. The number of hydrogen-bond acceptors (Lipinski definition) is 0. The van der Waals surface area contributed by atoms with E-state index in [2.05, 4.69) is 117 Å². The smallest absolute Gasteiger partial charge is 0.0735 e. The second kappa shape index (κ2) is 7.48. The van der Waals surface area contributed by atoms with Gasteiger partial charge in [-0.3, -0.25) is 0 Å². The molecule has 0 amide bonds. The summed E-state index contributed by atoms with van der Waals surface area (Å²) in [7, 11) is 0. The van der Waals surface area contributed by atoms with Crippen molar-refractivity contribution in [3.8, 4) is 11.1 Å². The number of fused-ring (bicyclic) bond motifs is 3. The Morgan fingerprint density at radius 2 is 1.32 bits per heavy atom. The molecule has 178 valence electrons. The van der Waals surface area contributed by atoms with Gasteiger partial charge >= 0.3 is 0 Å². The fourth-order valence-corrected chi connectivity index (χ4v) is 8.41. The quantitative estimate of drug-likeness (QED) is 0.174. The maximum atomic E-state index is 2.58. The second-order valence-electron chi connectivity index (χ2n) is 12.1. The van der Waals surface area contributed by atoms with Crippen LogP contribution in [0.3, 0.4) is 0 Å². The van der Waals surface area contributed by atoms with E-state index in [-0.39, 0.29) is 10.7 Å². The van der Waals surface area contributed by atoms with Crippen molar-refractivity contribution in [3.63, 3.8) is 0 Å². The fourth-order valence-electron chi connectivity index (χ4n) is 8.41. The molecule has 0 radical (unpaired) electrons. The zero-order chi connectivity index (χ0) is 24.8. The van der Waals surface area contributed by atoms with E-state index in [1.54, 1.807) is 11.0 Å². The molecule has 0 N–H and O–H groups in total. The van der Waals surface area contributed by atoms with Gasteiger partial charge in [-0.1, -0.05) is 147 Å². The van der Waals surface area contributed by atoms with Gasteiger partial charge in [-0.15, -0.1) is 0 Å². The van der Waals surface area contributed by atoms with Crippen molar-refractivity contribution in [2.75, 3.05) is 0 Å². The molecule has 37 heavy (non-hydrogen) atoms. The molecule has 2 unspecified atom stereocenters. The highest BCUT2D eigenvalue weighted by molar-refractivity contribution is 6.89. The van der Waals surface area contributed by atoms with Crippen LogP contribution >= 0.6 is 0 Å². The summed E-state index contributed by atoms with van der Waals surface area (Å²) in [4.78, 5) is 0. The predicted octanol–water partition coefficient (Wildman–Crippen LogP) is 8.47. The van der Waals surface area contributed by atoms with Gasteiger partial charge in [0.2, 0.25) is 6.71 Å². The van der Waals surface area contributed by atoms with Crippen molar-refractivity contribution in [1.82, 2.24) is 0 Å². The summed E-state index contributed by atoms with van der Waals surface area (Å²) in [6, 6.07) is 39.3. The summed E-state index contributed by atoms with van der Waals surface area (Å²) in [5.74, 6) is 0. The number of benzene rings is 6. The summed E-state index contributed by atoms with van der Waals surface area (Å²) in [6.45, 7) is 5.62. The van der Waals surface area contributed by atoms with Gasteiger partial charge in [0.05, 0.1) is 0 Å². The molecular weight excluding hydrogens is 443 g/mol. The van der Waals surface area contributed by atoms with Gasteiger partial charge in [0, 0.05) is 0 Å². The molecule has 1 aliphatic heterocycles. The van der Waals surface area contributed by atoms with Crippen LogP contribution < -0.4 is 10.9 Å². The normalized spacial score (nSPS) is 23.1. The molecule has 6 aromatic rings. The van der Waals surface area contributed by atoms with Gasteiger partial charge in [0.15, 0.2) is 0 Å². The van der Waals surface area contributed by atoms with Crippen molar-refractivity contribution in [2.24, 2.45) is 0 Å². The first-order valence-electron chi connectivity index (χ1n) is 13.9. The predicted molar refractivity (Wildman–Crippen MR) is 161 cm³/mol. The topological polar surface area (TPSA) is 0 Å². The summed E-state index contributed by atoms with van der Waals surface area (Å²) in [6.07, 6.45) is 5.24. The molecule has 1 aliphatic carbocycles. The Kier molecular flexibility index (Phi) is 4.35. The van der Waals surface area contributed by atoms with Crippen LogP contribution in [0.25, 0.3) is 43.4 Å². The van der Waals surface area contributed by atoms with E-state index in [1.807, 2.05) is 0 Å². The maximum absolute atomic E-state index is 2.58. The summed E-state index contributed by atoms with van der Waals surface area (Å²) in [5, 5.41) is 8.42. The second-order valence-corrected chi connectivity index (χ2v) is 12.1. The molecule has 1 heterocycles. The van der Waals surface area contributed by atoms with E-state index in [0.717, 1.165) is 0 Å². The molecule has 0 bridgehead atoms. The van der Waals surface area contributed by atoms with Gasteiger partial charge in [-0.25, -0.2) is 0 Å². The zero-order valence-corrected chi connectivity index (χ0v) is 21.7. The Morgan fingerprint density at radius 1 is 0.622 bits per heavy atom. The van der Waals surface area contributed by atoms with E-state index in [0.29, 0.717) is 6.71 Å². The van der Waals surface area contributed by atoms with Crippen LogP contribution in [-0.2, 0) is 5.41 Å². The standard InChI is InChI=1S/C36H31B/c1-35-21-6-7-22-36(35,2)37(28-11-4-3-5-12-28)32-20-17-27(23-31(32)35)29-18-15-26-14-13-24-9-8-10-25-16-19-30(29)34(26)33(24)25/h3-5,8-20,23H,6-7,21-22H2,1-2H3. The van der Waals surface area contributed by atoms with Gasteiger partial charge < -0.3 is 0 Å². The molecule has 2 aliphatic rings. The van der Waals surface area contributed by atoms with Crippen molar-refractivity contribution in [3.05, 3.63) is 109 Å². The highest BCUT2D eigenvalue weighted by atomic mass is 14.5. The van der Waals surface area contributed by atoms with Crippen LogP contribution in [0.4, 0.5) is 0 Å². The molecule has 0 nitrogen and oxygen atoms in total. The minimum atomic E-state index is 0.195. The summed E-state index contributed by atoms with van der Waals surface area (Å²) >= 11 is 0. The fraction of sp³-hybridized carbons (Fsp3) is 0.222. The van der Waals surface area contributed by atoms with Crippen LogP contribution in [0.2, 0.25) is 5.31 Å². The summed E-state index contributed by atoms with van der Waals surface area (Å²) < 4.78 is 0. The molecule has 6 aromatic carbocycles. The van der Waals surface area contributed by atoms with Crippen LogP contribution in [-0.4, -0.2) is 6.71 Å². The lowest BCUT2D eigenvalue weighted by molar-refractivity contribution is 0.243. The third-order valence-electron chi connectivity index (χ3n) is 10.5. The molecule has 2 atom stereocenters. The molecule has 0 aromatic heterocycles. The minimum absolute atomic E-state index is 0.195. The van der Waals surface area contributed by atoms with E-state index in [1.165, 1.54) is 74.6 Å². The lowest BCUT2D eigenvalue weighted by Gasteiger charge is -2.48. The number of hydrogen-bond donors (Lipinski definition) is 0. The molecule has 1 heteroatoms. The first-order chi connectivity index (χ1) is 18.1. The van der Waals surface area contributed by atoms with Crippen LogP contribution in [0.5, 0.6) is 0 Å². The monoisotopic (exact) mass is 474 g/mol. The van der Waals surface area contributed by atoms with E-state index < -0.39 is 0 Å². The molecule has 8 rings (SSSR count). The zero-order valence-electron chi connectivity index (χ0n) is 21.7. The number of rotatable bonds is 2. The van der Waals surface area contributed by atoms with Gasteiger partial charge in [-0.05, 0) is 66.2 Å². The Morgan fingerprint density at radius 3 is 2.14 bits per heavy atom. The average Bonchev–Trinajstić information content (AvgIpc) is 3.15. The van der Waals surface area contributed by atoms with Crippen molar-refractivity contribution in [1.29, 1.82) is 0 Å². The Hall–Kier alpha value is -3.58. The lowest BCUT2D eigenvalue weighted by Crippen LogP contribution is -2.51. The molecule has 1 fully saturated rings. The molecule has 1 saturated carbocycles. The summed E-state index contributed by atoms with van der Waals surface area (Å²) in [5.41, 5.74) is 7.54. The Balaban J connectivity index is 1.38. The SMILES string of the molecule is CC12CCCCC1(C)c1cc(-c3ccc4ccc5cccc6ccc3c4c56)ccc1B2c1ccccc1. The molecule has 0 saturated heterocycles. The Bertz CT molecular complexity index is 1800. The van der Waals surface area contributed by atoms with Gasteiger partial charge in [0.25, 0.3) is 0 Å². The van der Waals surface area contributed by atoms with E-state index in [4.69, 9.17) is 0 Å². The van der Waals surface area contributed by atoms with E-state index in [9.17, 15) is 0 Å². The maximum Gasteiger partial charge on any atom is 0.216 e. The van der Waals surface area contributed by atoms with Crippen LogP contribution in [0.1, 0.15) is 45.1 Å². The minimum Gasteiger partial charge on any atom is -0.0735 e. The molecular formula is C36H31B. The largest absolute Gasteiger partial charge is 0.216 e. The third-order valence-corrected chi connectivity index (χ3v) is 10.5. The van der Waals surface area contributed by atoms with Crippen molar-refractivity contribution in [2.45, 2.75) is 50.3 Å². The van der Waals surface area contributed by atoms with E-state index >= 15 is 0 Å². The van der Waals surface area contributed by atoms with Crippen LogP contribution in [0.15, 0.2) is 103 Å². The first-order valence-corrected chi connectivity index (χ1v) is 13.9. The Labute approximate surface area is 219 Å². The van der Waals surface area contributed by atoms with Crippen molar-refractivity contribution >= 4 is 50.0 Å². The van der Waals surface area contributed by atoms with Crippen molar-refractivity contribution < 1.29 is 0 Å². The van der Waals surface area contributed by atoms with Gasteiger partial charge in [-0.2, -0.15) is 0 Å². The lowest BCUT2D eigenvalue weighted by atomic mass is 9.26. The highest BCUT2D eigenvalue weighted by Crippen LogP contribution is 2.62.